The number of hydrogen-bond acceptors (Lipinski definition) is 5. The number of rotatable bonds is 5. The van der Waals surface area contributed by atoms with E-state index in [-0.39, 0.29) is 5.91 Å². The van der Waals surface area contributed by atoms with Crippen molar-refractivity contribution in [3.05, 3.63) is 11.1 Å². The Bertz CT molecular complexity index is 517. The smallest absolute Gasteiger partial charge is 0.240 e. The Morgan fingerprint density at radius 1 is 1.17 bits per heavy atom. The van der Waals surface area contributed by atoms with Gasteiger partial charge in [0.1, 0.15) is 0 Å². The zero-order valence-electron chi connectivity index (χ0n) is 14.8. The maximum absolute atomic E-state index is 12.1. The van der Waals surface area contributed by atoms with E-state index in [1.807, 2.05) is 12.3 Å². The third-order valence-electron chi connectivity index (χ3n) is 5.15. The molecule has 0 atom stereocenters. The van der Waals surface area contributed by atoms with Crippen LogP contribution in [0.15, 0.2) is 5.38 Å². The van der Waals surface area contributed by atoms with Crippen molar-refractivity contribution in [2.24, 2.45) is 5.92 Å². The quantitative estimate of drug-likeness (QED) is 0.887. The van der Waals surface area contributed by atoms with Crippen molar-refractivity contribution in [1.82, 2.24) is 14.8 Å². The van der Waals surface area contributed by atoms with E-state index in [0.29, 0.717) is 11.7 Å². The average molecular weight is 351 g/mol. The van der Waals surface area contributed by atoms with E-state index in [2.05, 4.69) is 20.1 Å². The molecule has 0 unspecified atom stereocenters. The number of piperidine rings is 1. The molecular formula is C18H30N4OS. The number of anilines is 1. The minimum absolute atomic E-state index is 0.0651. The lowest BCUT2D eigenvalue weighted by Gasteiger charge is -2.34. The first-order chi connectivity index (χ1) is 11.7. The molecule has 5 nitrogen and oxygen atoms in total. The van der Waals surface area contributed by atoms with Gasteiger partial charge in [0.15, 0.2) is 5.13 Å². The van der Waals surface area contributed by atoms with Crippen molar-refractivity contribution in [2.75, 3.05) is 44.6 Å². The molecule has 2 saturated heterocycles. The highest BCUT2D eigenvalue weighted by atomic mass is 32.1. The Balaban J connectivity index is 1.36. The van der Waals surface area contributed by atoms with E-state index in [4.69, 9.17) is 0 Å². The predicted octanol–water partition coefficient (Wildman–Crippen LogP) is 2.98. The van der Waals surface area contributed by atoms with Gasteiger partial charge in [-0.25, -0.2) is 4.98 Å². The molecule has 3 rings (SSSR count). The van der Waals surface area contributed by atoms with E-state index in [9.17, 15) is 4.79 Å². The molecule has 2 aliphatic rings. The van der Waals surface area contributed by atoms with Crippen LogP contribution in [-0.4, -0.2) is 60.0 Å². The van der Waals surface area contributed by atoms with Gasteiger partial charge >= 0.3 is 0 Å². The van der Waals surface area contributed by atoms with Crippen LogP contribution in [0, 0.1) is 12.8 Å². The molecule has 1 aromatic rings. The Morgan fingerprint density at radius 2 is 1.88 bits per heavy atom. The third-order valence-corrected chi connectivity index (χ3v) is 6.03. The van der Waals surface area contributed by atoms with Crippen molar-refractivity contribution in [2.45, 2.75) is 45.4 Å². The highest BCUT2D eigenvalue weighted by Crippen LogP contribution is 2.20. The van der Waals surface area contributed by atoms with Gasteiger partial charge in [-0.3, -0.25) is 9.69 Å². The zero-order valence-corrected chi connectivity index (χ0v) is 15.6. The molecule has 1 amide bonds. The maximum Gasteiger partial charge on any atom is 0.240 e. The monoisotopic (exact) mass is 350 g/mol. The van der Waals surface area contributed by atoms with Crippen LogP contribution in [0.2, 0.25) is 0 Å². The first-order valence-corrected chi connectivity index (χ1v) is 10.2. The summed E-state index contributed by atoms with van der Waals surface area (Å²) in [7, 11) is 0. The summed E-state index contributed by atoms with van der Waals surface area (Å²) in [6, 6.07) is 0. The predicted molar refractivity (Wildman–Crippen MR) is 99.6 cm³/mol. The van der Waals surface area contributed by atoms with Crippen LogP contribution in [0.4, 0.5) is 5.13 Å². The summed E-state index contributed by atoms with van der Waals surface area (Å²) in [6.45, 7) is 8.37. The topological polar surface area (TPSA) is 48.5 Å². The summed E-state index contributed by atoms with van der Waals surface area (Å²) in [5, 5.41) is 5.59. The van der Waals surface area contributed by atoms with Crippen LogP contribution in [0.3, 0.4) is 0 Å². The Labute approximate surface area is 149 Å². The molecule has 0 aliphatic carbocycles. The van der Waals surface area contributed by atoms with Crippen LogP contribution in [-0.2, 0) is 4.79 Å². The lowest BCUT2D eigenvalue weighted by Crippen LogP contribution is -2.42. The first kappa shape index (κ1) is 17.8. The van der Waals surface area contributed by atoms with Crippen LogP contribution in [0.25, 0.3) is 0 Å². The standard InChI is InChI=1S/C18H30N4OS/c1-15-14-24-18(19-15)20-17(23)13-22-10-6-16(7-11-22)12-21-8-4-2-3-5-9-21/h14,16H,2-13H2,1H3,(H,19,20,23). The van der Waals surface area contributed by atoms with E-state index < -0.39 is 0 Å². The van der Waals surface area contributed by atoms with Crippen molar-refractivity contribution >= 4 is 22.4 Å². The van der Waals surface area contributed by atoms with E-state index >= 15 is 0 Å². The van der Waals surface area contributed by atoms with E-state index in [1.165, 1.54) is 69.5 Å². The van der Waals surface area contributed by atoms with E-state index in [0.717, 1.165) is 24.7 Å². The van der Waals surface area contributed by atoms with Crippen LogP contribution in [0.1, 0.15) is 44.2 Å². The number of nitrogens with one attached hydrogen (secondary N) is 1. The van der Waals surface area contributed by atoms with Crippen molar-refractivity contribution < 1.29 is 4.79 Å². The molecule has 0 aromatic carbocycles. The number of amides is 1. The minimum atomic E-state index is 0.0651. The fourth-order valence-electron chi connectivity index (χ4n) is 3.78. The second-order valence-electron chi connectivity index (χ2n) is 7.28. The van der Waals surface area contributed by atoms with Gasteiger partial charge < -0.3 is 10.2 Å². The lowest BCUT2D eigenvalue weighted by molar-refractivity contribution is -0.117. The number of thiazole rings is 1. The van der Waals surface area contributed by atoms with Crippen molar-refractivity contribution in [1.29, 1.82) is 0 Å². The highest BCUT2D eigenvalue weighted by molar-refractivity contribution is 7.13. The number of carbonyl (C=O) groups excluding carboxylic acids is 1. The normalized spacial score (nSPS) is 21.5. The van der Waals surface area contributed by atoms with Gasteiger partial charge in [0, 0.05) is 11.9 Å². The average Bonchev–Trinajstić information content (AvgIpc) is 2.81. The van der Waals surface area contributed by atoms with Crippen LogP contribution < -0.4 is 5.32 Å². The number of aryl methyl sites for hydroxylation is 1. The molecular weight excluding hydrogens is 320 g/mol. The van der Waals surface area contributed by atoms with Gasteiger partial charge in [-0.05, 0) is 64.7 Å². The fourth-order valence-corrected chi connectivity index (χ4v) is 4.49. The largest absolute Gasteiger partial charge is 0.303 e. The van der Waals surface area contributed by atoms with Gasteiger partial charge in [-0.2, -0.15) is 0 Å². The molecule has 0 saturated carbocycles. The van der Waals surface area contributed by atoms with Gasteiger partial charge in [-0.15, -0.1) is 11.3 Å². The number of hydrogen-bond donors (Lipinski definition) is 1. The van der Waals surface area contributed by atoms with Crippen molar-refractivity contribution in [3.8, 4) is 0 Å². The van der Waals surface area contributed by atoms with E-state index in [1.54, 1.807) is 0 Å². The Kier molecular flexibility index (Phi) is 6.63. The molecule has 0 radical (unpaired) electrons. The molecule has 3 heterocycles. The summed E-state index contributed by atoms with van der Waals surface area (Å²) in [4.78, 5) is 21.4. The number of likely N-dealkylation sites (tertiary alicyclic amines) is 2. The molecule has 1 N–H and O–H groups in total. The summed E-state index contributed by atoms with van der Waals surface area (Å²) in [6.07, 6.45) is 8.00. The molecule has 0 bridgehead atoms. The Morgan fingerprint density at radius 3 is 2.50 bits per heavy atom. The van der Waals surface area contributed by atoms with Gasteiger partial charge in [0.25, 0.3) is 0 Å². The summed E-state index contributed by atoms with van der Waals surface area (Å²) in [5.41, 5.74) is 0.963. The second-order valence-corrected chi connectivity index (χ2v) is 8.13. The van der Waals surface area contributed by atoms with Gasteiger partial charge in [0.05, 0.1) is 12.2 Å². The summed E-state index contributed by atoms with van der Waals surface area (Å²) in [5.74, 6) is 0.874. The molecule has 2 fully saturated rings. The summed E-state index contributed by atoms with van der Waals surface area (Å²) < 4.78 is 0. The molecule has 134 valence electrons. The summed E-state index contributed by atoms with van der Waals surface area (Å²) >= 11 is 1.49. The van der Waals surface area contributed by atoms with Crippen molar-refractivity contribution in [3.63, 3.8) is 0 Å². The highest BCUT2D eigenvalue weighted by Gasteiger charge is 2.23. The molecule has 6 heteroatoms. The first-order valence-electron chi connectivity index (χ1n) is 9.36. The lowest BCUT2D eigenvalue weighted by atomic mass is 9.96. The molecule has 0 spiro atoms. The fraction of sp³-hybridized carbons (Fsp3) is 0.778. The molecule has 2 aliphatic heterocycles. The maximum atomic E-state index is 12.1. The number of nitrogens with zero attached hydrogens (tertiary/aromatic N) is 3. The van der Waals surface area contributed by atoms with Crippen LogP contribution in [0.5, 0.6) is 0 Å². The number of aromatic nitrogens is 1. The molecule has 24 heavy (non-hydrogen) atoms. The number of carbonyl (C=O) groups is 1. The van der Waals surface area contributed by atoms with Gasteiger partial charge in [0.2, 0.25) is 5.91 Å². The molecule has 1 aromatic heterocycles. The van der Waals surface area contributed by atoms with Crippen LogP contribution >= 0.6 is 11.3 Å². The Hall–Kier alpha value is -0.980. The van der Waals surface area contributed by atoms with Gasteiger partial charge in [-0.1, -0.05) is 12.8 Å². The zero-order chi connectivity index (χ0) is 16.8. The minimum Gasteiger partial charge on any atom is -0.303 e. The second kappa shape index (κ2) is 8.92. The third kappa shape index (κ3) is 5.53. The SMILES string of the molecule is Cc1csc(NC(=O)CN2CCC(CN3CCCCCC3)CC2)n1.